The van der Waals surface area contributed by atoms with Crippen LogP contribution in [0.4, 0.5) is 10.1 Å². The van der Waals surface area contributed by atoms with Crippen molar-refractivity contribution in [1.29, 1.82) is 0 Å². The molecule has 2 amide bonds. The summed E-state index contributed by atoms with van der Waals surface area (Å²) < 4.78 is 43.9. The summed E-state index contributed by atoms with van der Waals surface area (Å²) in [6.45, 7) is 2.54. The monoisotopic (exact) mass is 655 g/mol. The standard InChI is InChI=1S/C33H32Cl2FN3O4S/c1-23(2)37-33(41)31(19-24-11-5-3-6-12-24)38(21-25-13-9-10-16-29(25)36)32(40)22-39(30-20-26(34)17-18-28(30)35)44(42,43)27-14-7-4-8-15-27/h3-18,20,23,31H,19,21-22H2,1-2H3,(H,37,41). The first-order valence-corrected chi connectivity index (χ1v) is 16.1. The van der Waals surface area contributed by atoms with Gasteiger partial charge in [0.25, 0.3) is 10.0 Å². The van der Waals surface area contributed by atoms with Crippen molar-refractivity contribution in [2.45, 2.75) is 43.8 Å². The van der Waals surface area contributed by atoms with E-state index in [1.807, 2.05) is 30.3 Å². The van der Waals surface area contributed by atoms with Gasteiger partial charge in [0.2, 0.25) is 11.8 Å². The number of carbonyl (C=O) groups is 2. The topological polar surface area (TPSA) is 86.8 Å². The van der Waals surface area contributed by atoms with Crippen LogP contribution in [0.25, 0.3) is 0 Å². The molecule has 4 aromatic rings. The molecule has 1 atom stereocenters. The Bertz CT molecular complexity index is 1710. The third-order valence-electron chi connectivity index (χ3n) is 6.79. The van der Waals surface area contributed by atoms with Gasteiger partial charge in [-0.25, -0.2) is 12.8 Å². The van der Waals surface area contributed by atoms with Crippen LogP contribution in [0.1, 0.15) is 25.0 Å². The SMILES string of the molecule is CC(C)NC(=O)C(Cc1ccccc1)N(Cc1ccccc1F)C(=O)CN(c1cc(Cl)ccc1Cl)S(=O)(=O)c1ccccc1. The van der Waals surface area contributed by atoms with Gasteiger partial charge in [0.1, 0.15) is 18.4 Å². The Balaban J connectivity index is 1.84. The largest absolute Gasteiger partial charge is 0.352 e. The van der Waals surface area contributed by atoms with Crippen molar-refractivity contribution in [1.82, 2.24) is 10.2 Å². The molecule has 11 heteroatoms. The van der Waals surface area contributed by atoms with Crippen LogP contribution in [0, 0.1) is 5.82 Å². The van der Waals surface area contributed by atoms with Crippen molar-refractivity contribution < 1.29 is 22.4 Å². The Morgan fingerprint density at radius 2 is 1.48 bits per heavy atom. The lowest BCUT2D eigenvalue weighted by atomic mass is 10.0. The van der Waals surface area contributed by atoms with Gasteiger partial charge in [-0.2, -0.15) is 0 Å². The molecule has 4 aromatic carbocycles. The van der Waals surface area contributed by atoms with Gasteiger partial charge in [-0.1, -0.05) is 89.9 Å². The first-order valence-electron chi connectivity index (χ1n) is 13.9. The molecule has 7 nitrogen and oxygen atoms in total. The van der Waals surface area contributed by atoms with Crippen LogP contribution in [-0.2, 0) is 32.6 Å². The minimum absolute atomic E-state index is 0.0200. The molecular formula is C33H32Cl2FN3O4S. The number of nitrogens with one attached hydrogen (secondary N) is 1. The number of carbonyl (C=O) groups excluding carboxylic acids is 2. The van der Waals surface area contributed by atoms with Crippen LogP contribution < -0.4 is 9.62 Å². The van der Waals surface area contributed by atoms with E-state index < -0.39 is 40.2 Å². The summed E-state index contributed by atoms with van der Waals surface area (Å²) in [4.78, 5) is 29.2. The molecule has 1 unspecified atom stereocenters. The molecule has 0 aliphatic carbocycles. The number of halogens is 3. The lowest BCUT2D eigenvalue weighted by molar-refractivity contribution is -0.140. The summed E-state index contributed by atoms with van der Waals surface area (Å²) in [5.74, 6) is -1.78. The quantitative estimate of drug-likeness (QED) is 0.189. The smallest absolute Gasteiger partial charge is 0.264 e. The lowest BCUT2D eigenvalue weighted by Gasteiger charge is -2.34. The fourth-order valence-electron chi connectivity index (χ4n) is 4.65. The Kier molecular flexibility index (Phi) is 11.0. The minimum atomic E-state index is -4.36. The summed E-state index contributed by atoms with van der Waals surface area (Å²) in [6, 6.07) is 25.5. The number of amides is 2. The van der Waals surface area contributed by atoms with Crippen molar-refractivity contribution in [3.8, 4) is 0 Å². The molecule has 0 saturated carbocycles. The minimum Gasteiger partial charge on any atom is -0.352 e. The van der Waals surface area contributed by atoms with Gasteiger partial charge in [0.15, 0.2) is 0 Å². The number of rotatable bonds is 12. The lowest BCUT2D eigenvalue weighted by Crippen LogP contribution is -2.54. The first-order chi connectivity index (χ1) is 21.0. The summed E-state index contributed by atoms with van der Waals surface area (Å²) in [7, 11) is -4.36. The average Bonchev–Trinajstić information content (AvgIpc) is 3.00. The maximum Gasteiger partial charge on any atom is 0.264 e. The zero-order chi connectivity index (χ0) is 31.9. The molecule has 0 radical (unpaired) electrons. The Hall–Kier alpha value is -3.92. The van der Waals surface area contributed by atoms with Crippen molar-refractivity contribution in [3.63, 3.8) is 0 Å². The molecule has 0 fully saturated rings. The van der Waals surface area contributed by atoms with E-state index in [2.05, 4.69) is 5.32 Å². The summed E-state index contributed by atoms with van der Waals surface area (Å²) in [5, 5.41) is 3.10. The molecule has 0 heterocycles. The summed E-state index contributed by atoms with van der Waals surface area (Å²) in [6.07, 6.45) is 0.100. The van der Waals surface area contributed by atoms with E-state index in [1.54, 1.807) is 38.1 Å². The summed E-state index contributed by atoms with van der Waals surface area (Å²) >= 11 is 12.7. The van der Waals surface area contributed by atoms with E-state index in [4.69, 9.17) is 23.2 Å². The average molecular weight is 657 g/mol. The number of benzene rings is 4. The van der Waals surface area contributed by atoms with E-state index in [1.165, 1.54) is 53.4 Å². The van der Waals surface area contributed by atoms with Gasteiger partial charge in [-0.3, -0.25) is 13.9 Å². The van der Waals surface area contributed by atoms with E-state index in [-0.39, 0.29) is 45.2 Å². The molecule has 44 heavy (non-hydrogen) atoms. The van der Waals surface area contributed by atoms with E-state index >= 15 is 0 Å². The van der Waals surface area contributed by atoms with Gasteiger partial charge in [-0.05, 0) is 55.8 Å². The highest BCUT2D eigenvalue weighted by Crippen LogP contribution is 2.33. The molecule has 4 rings (SSSR count). The van der Waals surface area contributed by atoms with E-state index in [0.29, 0.717) is 0 Å². The molecule has 0 saturated heterocycles. The van der Waals surface area contributed by atoms with E-state index in [9.17, 15) is 22.4 Å². The number of hydrogen-bond acceptors (Lipinski definition) is 4. The van der Waals surface area contributed by atoms with Gasteiger partial charge in [-0.15, -0.1) is 0 Å². The van der Waals surface area contributed by atoms with Crippen LogP contribution in [0.5, 0.6) is 0 Å². The maximum atomic E-state index is 15.0. The third kappa shape index (κ3) is 8.16. The maximum absolute atomic E-state index is 15.0. The Morgan fingerprint density at radius 3 is 2.11 bits per heavy atom. The summed E-state index contributed by atoms with van der Waals surface area (Å²) in [5.41, 5.74) is 0.900. The molecule has 0 aromatic heterocycles. The fraction of sp³-hybridized carbons (Fsp3) is 0.212. The van der Waals surface area contributed by atoms with Crippen LogP contribution in [-0.4, -0.2) is 43.8 Å². The van der Waals surface area contributed by atoms with E-state index in [0.717, 1.165) is 9.87 Å². The second-order valence-electron chi connectivity index (χ2n) is 10.4. The normalized spacial score (nSPS) is 12.0. The van der Waals surface area contributed by atoms with Crippen LogP contribution >= 0.6 is 23.2 Å². The second-order valence-corrected chi connectivity index (χ2v) is 13.1. The zero-order valence-corrected chi connectivity index (χ0v) is 26.5. The van der Waals surface area contributed by atoms with Crippen LogP contribution in [0.15, 0.2) is 108 Å². The van der Waals surface area contributed by atoms with Gasteiger partial charge < -0.3 is 10.2 Å². The number of nitrogens with zero attached hydrogens (tertiary/aromatic N) is 2. The van der Waals surface area contributed by atoms with Crippen molar-refractivity contribution >= 4 is 50.7 Å². The van der Waals surface area contributed by atoms with Gasteiger partial charge in [0.05, 0.1) is 15.6 Å². The molecule has 0 bridgehead atoms. The Morgan fingerprint density at radius 1 is 0.864 bits per heavy atom. The van der Waals surface area contributed by atoms with Crippen molar-refractivity contribution in [2.24, 2.45) is 0 Å². The van der Waals surface area contributed by atoms with Crippen molar-refractivity contribution in [3.05, 3.63) is 130 Å². The molecule has 230 valence electrons. The zero-order valence-electron chi connectivity index (χ0n) is 24.2. The number of anilines is 1. The fourth-order valence-corrected chi connectivity index (χ4v) is 6.54. The van der Waals surface area contributed by atoms with Crippen LogP contribution in [0.3, 0.4) is 0 Å². The predicted molar refractivity (Wildman–Crippen MR) is 172 cm³/mol. The van der Waals surface area contributed by atoms with Crippen molar-refractivity contribution in [2.75, 3.05) is 10.8 Å². The molecule has 0 spiro atoms. The Labute approximate surface area is 267 Å². The highest BCUT2D eigenvalue weighted by atomic mass is 35.5. The molecule has 0 aliphatic heterocycles. The molecule has 0 aliphatic rings. The predicted octanol–water partition coefficient (Wildman–Crippen LogP) is 6.49. The van der Waals surface area contributed by atoms with Gasteiger partial charge in [0, 0.05) is 29.6 Å². The highest BCUT2D eigenvalue weighted by molar-refractivity contribution is 7.92. The molecular weight excluding hydrogens is 624 g/mol. The number of sulfonamides is 1. The third-order valence-corrected chi connectivity index (χ3v) is 9.12. The molecule has 1 N–H and O–H groups in total. The van der Waals surface area contributed by atoms with Crippen LogP contribution in [0.2, 0.25) is 10.0 Å². The number of hydrogen-bond donors (Lipinski definition) is 1. The highest BCUT2D eigenvalue weighted by Gasteiger charge is 2.35. The second kappa shape index (κ2) is 14.7. The first kappa shape index (κ1) is 33.0. The van der Waals surface area contributed by atoms with Gasteiger partial charge >= 0.3 is 0 Å².